The van der Waals surface area contributed by atoms with Gasteiger partial charge in [-0.15, -0.1) is 0 Å². The molecular weight excluding hydrogens is 307 g/mol. The van der Waals surface area contributed by atoms with Crippen LogP contribution in [0.15, 0.2) is 40.9 Å². The lowest BCUT2D eigenvalue weighted by atomic mass is 9.94. The van der Waals surface area contributed by atoms with E-state index in [0.29, 0.717) is 10.0 Å². The molecule has 0 aromatic heterocycles. The van der Waals surface area contributed by atoms with Crippen molar-refractivity contribution in [2.24, 2.45) is 5.84 Å². The Morgan fingerprint density at radius 2 is 1.95 bits per heavy atom. The van der Waals surface area contributed by atoms with Gasteiger partial charge in [-0.25, -0.2) is 9.82 Å². The largest absolute Gasteiger partial charge is 0.271 e. The predicted octanol–water partition coefficient (Wildman–Crippen LogP) is 3.76. The monoisotopic (exact) mass is 322 g/mol. The number of halogens is 2. The maximum Gasteiger partial charge on any atom is 0.129 e. The fraction of sp³-hybridized carbons (Fsp3) is 0.200. The Labute approximate surface area is 120 Å². The molecule has 2 aromatic rings. The Balaban J connectivity index is 2.56. The topological polar surface area (TPSA) is 38.0 Å². The highest BCUT2D eigenvalue weighted by Gasteiger charge is 2.20. The zero-order valence-electron chi connectivity index (χ0n) is 10.9. The van der Waals surface area contributed by atoms with E-state index in [1.54, 1.807) is 6.07 Å². The molecule has 1 atom stereocenters. The van der Waals surface area contributed by atoms with Crippen LogP contribution in [0.2, 0.25) is 0 Å². The molecule has 100 valence electrons. The molecule has 2 nitrogen and oxygen atoms in total. The van der Waals surface area contributed by atoms with Gasteiger partial charge in [0.05, 0.1) is 6.04 Å². The summed E-state index contributed by atoms with van der Waals surface area (Å²) in [4.78, 5) is 0. The van der Waals surface area contributed by atoms with Gasteiger partial charge in [0, 0.05) is 10.0 Å². The van der Waals surface area contributed by atoms with Crippen LogP contribution in [0.1, 0.15) is 28.3 Å². The summed E-state index contributed by atoms with van der Waals surface area (Å²) in [5.41, 5.74) is 6.46. The van der Waals surface area contributed by atoms with Crippen molar-refractivity contribution in [3.05, 3.63) is 68.9 Å². The Kier molecular flexibility index (Phi) is 4.34. The Morgan fingerprint density at radius 3 is 2.53 bits per heavy atom. The fourth-order valence-corrected chi connectivity index (χ4v) is 2.84. The van der Waals surface area contributed by atoms with Gasteiger partial charge in [-0.05, 0) is 37.1 Å². The van der Waals surface area contributed by atoms with E-state index in [0.717, 1.165) is 11.1 Å². The van der Waals surface area contributed by atoms with Gasteiger partial charge < -0.3 is 0 Å². The van der Waals surface area contributed by atoms with Crippen LogP contribution in [-0.4, -0.2) is 0 Å². The lowest BCUT2D eigenvalue weighted by molar-refractivity contribution is 0.556. The van der Waals surface area contributed by atoms with Gasteiger partial charge in [0.15, 0.2) is 0 Å². The summed E-state index contributed by atoms with van der Waals surface area (Å²) < 4.78 is 14.8. The van der Waals surface area contributed by atoms with Gasteiger partial charge in [0.2, 0.25) is 0 Å². The maximum absolute atomic E-state index is 14.1. The zero-order valence-corrected chi connectivity index (χ0v) is 12.5. The van der Waals surface area contributed by atoms with Crippen molar-refractivity contribution in [2.75, 3.05) is 0 Å². The number of nitrogens with one attached hydrogen (secondary N) is 1. The first-order valence-corrected chi connectivity index (χ1v) is 6.81. The summed E-state index contributed by atoms with van der Waals surface area (Å²) in [5, 5.41) is 0. The third kappa shape index (κ3) is 2.86. The Bertz CT molecular complexity index is 578. The molecule has 2 aromatic carbocycles. The van der Waals surface area contributed by atoms with Gasteiger partial charge in [-0.1, -0.05) is 45.8 Å². The summed E-state index contributed by atoms with van der Waals surface area (Å²) >= 11 is 3.39. The summed E-state index contributed by atoms with van der Waals surface area (Å²) in [7, 11) is 0. The van der Waals surface area contributed by atoms with Gasteiger partial charge in [0.25, 0.3) is 0 Å². The number of hydrazine groups is 1. The minimum atomic E-state index is -0.379. The molecule has 0 spiro atoms. The third-order valence-electron chi connectivity index (χ3n) is 3.19. The van der Waals surface area contributed by atoms with E-state index < -0.39 is 0 Å². The Hall–Kier alpha value is -1.23. The summed E-state index contributed by atoms with van der Waals surface area (Å²) in [6.07, 6.45) is 0. The van der Waals surface area contributed by atoms with Crippen LogP contribution in [0.3, 0.4) is 0 Å². The molecule has 1 unspecified atom stereocenters. The molecule has 3 N–H and O–H groups in total. The van der Waals surface area contributed by atoms with E-state index in [2.05, 4.69) is 27.4 Å². The third-order valence-corrected chi connectivity index (χ3v) is 3.88. The van der Waals surface area contributed by atoms with Crippen molar-refractivity contribution < 1.29 is 4.39 Å². The van der Waals surface area contributed by atoms with Crippen LogP contribution in [-0.2, 0) is 0 Å². The normalized spacial score (nSPS) is 12.5. The molecule has 0 heterocycles. The smallest absolute Gasteiger partial charge is 0.129 e. The number of aryl methyl sites for hydroxylation is 2. The highest BCUT2D eigenvalue weighted by molar-refractivity contribution is 9.10. The van der Waals surface area contributed by atoms with Crippen molar-refractivity contribution in [1.82, 2.24) is 5.43 Å². The molecule has 0 amide bonds. The van der Waals surface area contributed by atoms with E-state index in [9.17, 15) is 4.39 Å². The summed E-state index contributed by atoms with van der Waals surface area (Å²) in [6, 6.07) is 10.6. The van der Waals surface area contributed by atoms with E-state index in [4.69, 9.17) is 5.84 Å². The maximum atomic E-state index is 14.1. The number of nitrogens with two attached hydrogens (primary N) is 1. The quantitative estimate of drug-likeness (QED) is 0.667. The van der Waals surface area contributed by atoms with Crippen molar-refractivity contribution in [3.63, 3.8) is 0 Å². The molecular formula is C15H16BrFN2. The standard InChI is InChI=1S/C15H16BrFN2/c1-9-6-7-11(10(2)8-9)15(19-18)14-12(16)4-3-5-13(14)17/h3-8,15,19H,18H2,1-2H3. The number of hydrogen-bond acceptors (Lipinski definition) is 2. The van der Waals surface area contributed by atoms with Gasteiger partial charge >= 0.3 is 0 Å². The first-order valence-electron chi connectivity index (χ1n) is 6.01. The number of hydrogen-bond donors (Lipinski definition) is 2. The highest BCUT2D eigenvalue weighted by Crippen LogP contribution is 2.32. The lowest BCUT2D eigenvalue weighted by Gasteiger charge is -2.21. The fourth-order valence-electron chi connectivity index (χ4n) is 2.26. The molecule has 0 saturated heterocycles. The average molecular weight is 323 g/mol. The van der Waals surface area contributed by atoms with Gasteiger partial charge in [-0.2, -0.15) is 0 Å². The molecule has 0 aliphatic carbocycles. The van der Waals surface area contributed by atoms with E-state index in [1.807, 2.05) is 32.0 Å². The minimum Gasteiger partial charge on any atom is -0.271 e. The minimum absolute atomic E-state index is 0.280. The second kappa shape index (κ2) is 5.82. The molecule has 19 heavy (non-hydrogen) atoms. The zero-order chi connectivity index (χ0) is 14.0. The average Bonchev–Trinajstić information content (AvgIpc) is 2.35. The molecule has 0 saturated carbocycles. The lowest BCUT2D eigenvalue weighted by Crippen LogP contribution is -2.30. The molecule has 0 bridgehead atoms. The molecule has 0 fully saturated rings. The van der Waals surface area contributed by atoms with Crippen molar-refractivity contribution in [3.8, 4) is 0 Å². The SMILES string of the molecule is Cc1ccc(C(NN)c2c(F)cccc2Br)c(C)c1. The first kappa shape index (κ1) is 14.2. The number of rotatable bonds is 3. The van der Waals surface area contributed by atoms with Crippen LogP contribution >= 0.6 is 15.9 Å². The van der Waals surface area contributed by atoms with Crippen molar-refractivity contribution in [1.29, 1.82) is 0 Å². The molecule has 0 aliphatic rings. The first-order chi connectivity index (χ1) is 9.04. The van der Waals surface area contributed by atoms with Crippen LogP contribution < -0.4 is 11.3 Å². The van der Waals surface area contributed by atoms with Gasteiger partial charge in [0.1, 0.15) is 5.82 Å². The summed E-state index contributed by atoms with van der Waals surface area (Å²) in [5.74, 6) is 5.36. The molecule has 0 radical (unpaired) electrons. The second-order valence-corrected chi connectivity index (χ2v) is 5.45. The van der Waals surface area contributed by atoms with E-state index in [1.165, 1.54) is 11.6 Å². The molecule has 4 heteroatoms. The van der Waals surface area contributed by atoms with E-state index >= 15 is 0 Å². The van der Waals surface area contributed by atoms with Crippen LogP contribution in [0.5, 0.6) is 0 Å². The van der Waals surface area contributed by atoms with Crippen molar-refractivity contribution in [2.45, 2.75) is 19.9 Å². The summed E-state index contributed by atoms with van der Waals surface area (Å²) in [6.45, 7) is 4.03. The second-order valence-electron chi connectivity index (χ2n) is 4.60. The molecule has 0 aliphatic heterocycles. The van der Waals surface area contributed by atoms with Crippen molar-refractivity contribution >= 4 is 15.9 Å². The van der Waals surface area contributed by atoms with Gasteiger partial charge in [-0.3, -0.25) is 5.84 Å². The molecule has 2 rings (SSSR count). The van der Waals surface area contributed by atoms with Crippen LogP contribution in [0.25, 0.3) is 0 Å². The number of benzene rings is 2. The van der Waals surface area contributed by atoms with Crippen LogP contribution in [0.4, 0.5) is 4.39 Å². The predicted molar refractivity (Wildman–Crippen MR) is 79.2 cm³/mol. The van der Waals surface area contributed by atoms with Crippen LogP contribution in [0, 0.1) is 19.7 Å². The van der Waals surface area contributed by atoms with E-state index in [-0.39, 0.29) is 11.9 Å². The Morgan fingerprint density at radius 1 is 1.21 bits per heavy atom. The highest BCUT2D eigenvalue weighted by atomic mass is 79.9.